The molecule has 0 aliphatic heterocycles. The van der Waals surface area contributed by atoms with Gasteiger partial charge in [-0.3, -0.25) is 9.59 Å². The largest absolute Gasteiger partial charge is 0.508 e. The molecule has 0 aromatic heterocycles. The summed E-state index contributed by atoms with van der Waals surface area (Å²) in [6.45, 7) is 11.4. The van der Waals surface area contributed by atoms with Gasteiger partial charge in [0.05, 0.1) is 0 Å². The Hall–Kier alpha value is -2.77. The van der Waals surface area contributed by atoms with E-state index in [1.807, 2.05) is 20.8 Å². The second kappa shape index (κ2) is 13.5. The van der Waals surface area contributed by atoms with Gasteiger partial charge in [-0.05, 0) is 63.6 Å². The lowest BCUT2D eigenvalue weighted by molar-refractivity contribution is -0.143. The Morgan fingerprint density at radius 3 is 2.36 bits per heavy atom. The molecular formula is C28H45N3O5. The molecule has 36 heavy (non-hydrogen) atoms. The summed E-state index contributed by atoms with van der Waals surface area (Å²) in [5.74, 6) is -0.827. The summed E-state index contributed by atoms with van der Waals surface area (Å²) >= 11 is 0. The molecule has 1 aliphatic rings. The van der Waals surface area contributed by atoms with Gasteiger partial charge in [0.1, 0.15) is 23.4 Å². The second-order valence-corrected chi connectivity index (χ2v) is 11.1. The first-order valence-electron chi connectivity index (χ1n) is 13.3. The fourth-order valence-corrected chi connectivity index (χ4v) is 4.52. The van der Waals surface area contributed by atoms with Gasteiger partial charge in [-0.2, -0.15) is 0 Å². The molecule has 3 amide bonds. The Morgan fingerprint density at radius 1 is 1.14 bits per heavy atom. The number of phenols is 1. The van der Waals surface area contributed by atoms with Crippen LogP contribution in [0.3, 0.4) is 0 Å². The highest BCUT2D eigenvalue weighted by Crippen LogP contribution is 2.28. The number of aromatic hydroxyl groups is 1. The summed E-state index contributed by atoms with van der Waals surface area (Å²) < 4.78 is 5.41. The van der Waals surface area contributed by atoms with Gasteiger partial charge in [-0.1, -0.05) is 58.6 Å². The second-order valence-electron chi connectivity index (χ2n) is 11.1. The summed E-state index contributed by atoms with van der Waals surface area (Å²) in [6.07, 6.45) is 5.96. The van der Waals surface area contributed by atoms with Crippen molar-refractivity contribution in [2.24, 2.45) is 5.92 Å². The molecule has 0 radical (unpaired) electrons. The van der Waals surface area contributed by atoms with E-state index in [-0.39, 0.29) is 29.5 Å². The number of nitrogens with zero attached hydrogens (tertiary/aromatic N) is 1. The highest BCUT2D eigenvalue weighted by molar-refractivity contribution is 5.92. The molecule has 0 saturated heterocycles. The number of unbranched alkanes of at least 4 members (excludes halogenated alkanes) is 1. The van der Waals surface area contributed by atoms with Gasteiger partial charge in [0, 0.05) is 12.6 Å². The van der Waals surface area contributed by atoms with Crippen LogP contribution in [0.4, 0.5) is 4.79 Å². The van der Waals surface area contributed by atoms with E-state index in [2.05, 4.69) is 10.6 Å². The third kappa shape index (κ3) is 9.03. The number of nitrogens with one attached hydrogen (secondary N) is 2. The van der Waals surface area contributed by atoms with Crippen molar-refractivity contribution in [2.75, 3.05) is 6.54 Å². The number of rotatable bonds is 10. The van der Waals surface area contributed by atoms with Gasteiger partial charge in [-0.15, -0.1) is 0 Å². The van der Waals surface area contributed by atoms with E-state index in [1.165, 1.54) is 6.07 Å². The third-order valence-electron chi connectivity index (χ3n) is 6.34. The molecule has 202 valence electrons. The van der Waals surface area contributed by atoms with Gasteiger partial charge in [0.2, 0.25) is 11.8 Å². The summed E-state index contributed by atoms with van der Waals surface area (Å²) in [6, 6.07) is 4.76. The third-order valence-corrected chi connectivity index (χ3v) is 6.34. The zero-order valence-corrected chi connectivity index (χ0v) is 22.8. The molecule has 3 N–H and O–H groups in total. The Balaban J connectivity index is 2.43. The molecule has 1 aliphatic carbocycles. The predicted molar refractivity (Wildman–Crippen MR) is 140 cm³/mol. The average molecular weight is 504 g/mol. The van der Waals surface area contributed by atoms with E-state index < -0.39 is 23.8 Å². The number of benzene rings is 1. The molecule has 0 heterocycles. The van der Waals surface area contributed by atoms with Crippen LogP contribution in [0.25, 0.3) is 0 Å². The topological polar surface area (TPSA) is 108 Å². The van der Waals surface area contributed by atoms with E-state index in [1.54, 1.807) is 43.9 Å². The Labute approximate surface area is 216 Å². The van der Waals surface area contributed by atoms with E-state index in [4.69, 9.17) is 4.74 Å². The number of ether oxygens (including phenoxy) is 1. The van der Waals surface area contributed by atoms with Crippen LogP contribution >= 0.6 is 0 Å². The van der Waals surface area contributed by atoms with Gasteiger partial charge in [0.25, 0.3) is 0 Å². The molecule has 8 heteroatoms. The van der Waals surface area contributed by atoms with Crippen molar-refractivity contribution in [3.8, 4) is 5.75 Å². The maximum Gasteiger partial charge on any atom is 0.408 e. The molecule has 1 saturated carbocycles. The van der Waals surface area contributed by atoms with Crippen LogP contribution in [-0.4, -0.2) is 52.1 Å². The van der Waals surface area contributed by atoms with Crippen LogP contribution in [0.2, 0.25) is 0 Å². The number of carbonyl (C=O) groups is 3. The average Bonchev–Trinajstić information content (AvgIpc) is 2.79. The van der Waals surface area contributed by atoms with Crippen LogP contribution in [-0.2, 0) is 14.3 Å². The molecule has 2 unspecified atom stereocenters. The zero-order chi connectivity index (χ0) is 26.9. The summed E-state index contributed by atoms with van der Waals surface area (Å²) in [5, 5.41) is 16.1. The molecule has 1 fully saturated rings. The summed E-state index contributed by atoms with van der Waals surface area (Å²) in [7, 11) is 0. The Bertz CT molecular complexity index is 874. The SMILES string of the molecule is CCCCN(C(=O)C(NC(=O)OC(C)(C)C)C(C)C)C(C(=O)NC1CCCCC1)c1cccc(O)c1. The van der Waals surface area contributed by atoms with Crippen molar-refractivity contribution in [1.29, 1.82) is 0 Å². The fourth-order valence-electron chi connectivity index (χ4n) is 4.52. The van der Waals surface area contributed by atoms with Crippen molar-refractivity contribution in [2.45, 2.75) is 110 Å². The molecule has 2 rings (SSSR count). The Kier molecular flexibility index (Phi) is 11.1. The van der Waals surface area contributed by atoms with Crippen molar-refractivity contribution >= 4 is 17.9 Å². The lowest BCUT2D eigenvalue weighted by Crippen LogP contribution is -2.55. The van der Waals surface area contributed by atoms with Gasteiger partial charge < -0.3 is 25.4 Å². The van der Waals surface area contributed by atoms with Crippen LogP contribution < -0.4 is 10.6 Å². The van der Waals surface area contributed by atoms with E-state index in [0.29, 0.717) is 18.5 Å². The van der Waals surface area contributed by atoms with Crippen LogP contribution in [0.1, 0.15) is 98.1 Å². The molecule has 0 spiro atoms. The standard InChI is InChI=1S/C28H45N3O5/c1-7-8-17-31(26(34)23(19(2)3)30-27(35)36-28(4,5)6)24(20-13-12-16-22(32)18-20)25(33)29-21-14-10-9-11-15-21/h12-13,16,18-19,21,23-24,32H,7-11,14-15,17H2,1-6H3,(H,29,33)(H,30,35). The van der Waals surface area contributed by atoms with Gasteiger partial charge in [-0.25, -0.2) is 4.79 Å². The monoisotopic (exact) mass is 503 g/mol. The number of hydrogen-bond donors (Lipinski definition) is 3. The number of hydrogen-bond acceptors (Lipinski definition) is 5. The molecule has 1 aromatic carbocycles. The first-order valence-corrected chi connectivity index (χ1v) is 13.3. The highest BCUT2D eigenvalue weighted by atomic mass is 16.6. The summed E-state index contributed by atoms with van der Waals surface area (Å²) in [5.41, 5.74) is -0.173. The maximum absolute atomic E-state index is 14.0. The predicted octanol–water partition coefficient (Wildman–Crippen LogP) is 5.06. The fraction of sp³-hybridized carbons (Fsp3) is 0.679. The van der Waals surface area contributed by atoms with E-state index in [0.717, 1.165) is 38.5 Å². The van der Waals surface area contributed by atoms with E-state index >= 15 is 0 Å². The lowest BCUT2D eigenvalue weighted by Gasteiger charge is -2.36. The number of phenolic OH excluding ortho intramolecular Hbond substituents is 1. The Morgan fingerprint density at radius 2 is 1.81 bits per heavy atom. The van der Waals surface area contributed by atoms with Gasteiger partial charge >= 0.3 is 6.09 Å². The summed E-state index contributed by atoms with van der Waals surface area (Å²) in [4.78, 5) is 41.9. The van der Waals surface area contributed by atoms with Crippen LogP contribution in [0.15, 0.2) is 24.3 Å². The number of amides is 3. The minimum absolute atomic E-state index is 0.0261. The number of carbonyl (C=O) groups excluding carboxylic acids is 3. The van der Waals surface area contributed by atoms with Crippen molar-refractivity contribution in [3.63, 3.8) is 0 Å². The van der Waals surface area contributed by atoms with Crippen molar-refractivity contribution < 1.29 is 24.2 Å². The van der Waals surface area contributed by atoms with Gasteiger partial charge in [0.15, 0.2) is 0 Å². The van der Waals surface area contributed by atoms with Crippen LogP contribution in [0, 0.1) is 5.92 Å². The maximum atomic E-state index is 14.0. The first-order chi connectivity index (χ1) is 16.9. The smallest absolute Gasteiger partial charge is 0.408 e. The normalized spacial score (nSPS) is 16.2. The van der Waals surface area contributed by atoms with Crippen LogP contribution in [0.5, 0.6) is 5.75 Å². The molecule has 1 aromatic rings. The number of alkyl carbamates (subject to hydrolysis) is 1. The lowest BCUT2D eigenvalue weighted by atomic mass is 9.94. The molecule has 2 atom stereocenters. The molecular weight excluding hydrogens is 458 g/mol. The van der Waals surface area contributed by atoms with E-state index in [9.17, 15) is 19.5 Å². The van der Waals surface area contributed by atoms with Crippen molar-refractivity contribution in [1.82, 2.24) is 15.5 Å². The highest BCUT2D eigenvalue weighted by Gasteiger charge is 2.38. The first kappa shape index (κ1) is 29.5. The minimum Gasteiger partial charge on any atom is -0.508 e. The zero-order valence-electron chi connectivity index (χ0n) is 22.8. The van der Waals surface area contributed by atoms with Crippen molar-refractivity contribution in [3.05, 3.63) is 29.8 Å². The molecule has 0 bridgehead atoms. The molecule has 8 nitrogen and oxygen atoms in total. The minimum atomic E-state index is -0.931. The quantitative estimate of drug-likeness (QED) is 0.414.